The number of aromatic nitrogens is 1. The van der Waals surface area contributed by atoms with Crippen LogP contribution in [-0.2, 0) is 4.74 Å². The molecule has 2 aromatic carbocycles. The van der Waals surface area contributed by atoms with Crippen molar-refractivity contribution in [2.24, 2.45) is 0 Å². The van der Waals surface area contributed by atoms with Gasteiger partial charge in [-0.25, -0.2) is 9.78 Å². The lowest BCUT2D eigenvalue weighted by molar-refractivity contribution is 0.0523. The summed E-state index contributed by atoms with van der Waals surface area (Å²) in [6, 6.07) is 20.9. The molecule has 1 heterocycles. The SMILES string of the molecule is CCOC(=O)c1cc(-c2ccccc2)c(-c2ccccc2)nc1C=O. The number of nitrogens with zero attached hydrogens (tertiary/aromatic N) is 1. The van der Waals surface area contributed by atoms with Crippen LogP contribution in [0.3, 0.4) is 0 Å². The molecule has 4 heteroatoms. The van der Waals surface area contributed by atoms with Gasteiger partial charge in [-0.05, 0) is 18.6 Å². The Kier molecular flexibility index (Phi) is 5.00. The van der Waals surface area contributed by atoms with Crippen molar-refractivity contribution in [3.05, 3.63) is 78.0 Å². The maximum atomic E-state index is 12.2. The second-order valence-electron chi connectivity index (χ2n) is 5.39. The van der Waals surface area contributed by atoms with Crippen molar-refractivity contribution >= 4 is 12.3 Å². The van der Waals surface area contributed by atoms with Crippen molar-refractivity contribution < 1.29 is 14.3 Å². The molecule has 3 aromatic rings. The second-order valence-corrected chi connectivity index (χ2v) is 5.39. The van der Waals surface area contributed by atoms with E-state index in [0.29, 0.717) is 12.0 Å². The van der Waals surface area contributed by atoms with E-state index < -0.39 is 5.97 Å². The third-order valence-corrected chi connectivity index (χ3v) is 3.79. The largest absolute Gasteiger partial charge is 0.462 e. The van der Waals surface area contributed by atoms with Crippen molar-refractivity contribution in [2.75, 3.05) is 6.61 Å². The molecule has 0 amide bonds. The first-order valence-corrected chi connectivity index (χ1v) is 8.02. The van der Waals surface area contributed by atoms with E-state index in [1.807, 2.05) is 60.7 Å². The first-order chi connectivity index (χ1) is 12.2. The number of esters is 1. The van der Waals surface area contributed by atoms with Gasteiger partial charge in [-0.3, -0.25) is 4.79 Å². The van der Waals surface area contributed by atoms with Crippen LogP contribution < -0.4 is 0 Å². The highest BCUT2D eigenvalue weighted by atomic mass is 16.5. The number of carbonyl (C=O) groups excluding carboxylic acids is 2. The van der Waals surface area contributed by atoms with Gasteiger partial charge in [0, 0.05) is 11.1 Å². The number of hydrogen-bond donors (Lipinski definition) is 0. The van der Waals surface area contributed by atoms with E-state index >= 15 is 0 Å². The zero-order valence-corrected chi connectivity index (χ0v) is 13.8. The smallest absolute Gasteiger partial charge is 0.340 e. The zero-order valence-electron chi connectivity index (χ0n) is 13.8. The van der Waals surface area contributed by atoms with Crippen molar-refractivity contribution in [2.45, 2.75) is 6.92 Å². The summed E-state index contributed by atoms with van der Waals surface area (Å²) in [6.45, 7) is 1.96. The summed E-state index contributed by atoms with van der Waals surface area (Å²) in [5, 5.41) is 0. The molecule has 0 bridgehead atoms. The van der Waals surface area contributed by atoms with Gasteiger partial charge in [-0.1, -0.05) is 60.7 Å². The summed E-state index contributed by atoms with van der Waals surface area (Å²) >= 11 is 0. The molecule has 0 fully saturated rings. The molecule has 0 aliphatic heterocycles. The maximum absolute atomic E-state index is 12.2. The zero-order chi connectivity index (χ0) is 17.6. The molecular weight excluding hydrogens is 314 g/mol. The molecule has 124 valence electrons. The molecule has 0 saturated heterocycles. The van der Waals surface area contributed by atoms with E-state index in [-0.39, 0.29) is 17.9 Å². The lowest BCUT2D eigenvalue weighted by Gasteiger charge is -2.13. The van der Waals surface area contributed by atoms with Crippen LogP contribution in [0.25, 0.3) is 22.4 Å². The molecule has 0 aliphatic rings. The summed E-state index contributed by atoms with van der Waals surface area (Å²) < 4.78 is 5.07. The van der Waals surface area contributed by atoms with Crippen LogP contribution in [0.5, 0.6) is 0 Å². The minimum absolute atomic E-state index is 0.0805. The number of benzene rings is 2. The van der Waals surface area contributed by atoms with E-state index in [2.05, 4.69) is 4.98 Å². The van der Waals surface area contributed by atoms with Crippen LogP contribution in [0, 0.1) is 0 Å². The van der Waals surface area contributed by atoms with Gasteiger partial charge in [-0.15, -0.1) is 0 Å². The van der Waals surface area contributed by atoms with Crippen molar-refractivity contribution in [3.8, 4) is 22.4 Å². The van der Waals surface area contributed by atoms with Crippen LogP contribution in [0.1, 0.15) is 27.8 Å². The Labute approximate surface area is 146 Å². The van der Waals surface area contributed by atoms with Crippen molar-refractivity contribution in [1.82, 2.24) is 4.98 Å². The normalized spacial score (nSPS) is 10.3. The average Bonchev–Trinajstić information content (AvgIpc) is 2.68. The van der Waals surface area contributed by atoms with Gasteiger partial charge in [0.1, 0.15) is 5.69 Å². The highest BCUT2D eigenvalue weighted by Crippen LogP contribution is 2.32. The number of carbonyl (C=O) groups is 2. The number of ether oxygens (including phenoxy) is 1. The molecule has 0 spiro atoms. The van der Waals surface area contributed by atoms with E-state index in [9.17, 15) is 9.59 Å². The van der Waals surface area contributed by atoms with Crippen molar-refractivity contribution in [3.63, 3.8) is 0 Å². The third-order valence-electron chi connectivity index (χ3n) is 3.79. The molecule has 0 atom stereocenters. The summed E-state index contributed by atoms with van der Waals surface area (Å²) in [5.41, 5.74) is 3.48. The quantitative estimate of drug-likeness (QED) is 0.513. The van der Waals surface area contributed by atoms with Crippen LogP contribution in [0.2, 0.25) is 0 Å². The van der Waals surface area contributed by atoms with Crippen LogP contribution >= 0.6 is 0 Å². The van der Waals surface area contributed by atoms with Gasteiger partial charge < -0.3 is 4.74 Å². The summed E-state index contributed by atoms with van der Waals surface area (Å²) in [4.78, 5) is 28.2. The third kappa shape index (κ3) is 3.48. The minimum Gasteiger partial charge on any atom is -0.462 e. The predicted octanol–water partition coefficient (Wildman–Crippen LogP) is 4.40. The molecule has 0 radical (unpaired) electrons. The van der Waals surface area contributed by atoms with Gasteiger partial charge in [0.2, 0.25) is 0 Å². The molecule has 0 N–H and O–H groups in total. The first-order valence-electron chi connectivity index (χ1n) is 8.02. The summed E-state index contributed by atoms with van der Waals surface area (Å²) in [6.07, 6.45) is 0.591. The second kappa shape index (κ2) is 7.53. The average molecular weight is 331 g/mol. The minimum atomic E-state index is -0.547. The van der Waals surface area contributed by atoms with E-state index in [1.165, 1.54) is 0 Å². The fraction of sp³-hybridized carbons (Fsp3) is 0.0952. The molecule has 1 aromatic heterocycles. The van der Waals surface area contributed by atoms with Crippen molar-refractivity contribution in [1.29, 1.82) is 0 Å². The van der Waals surface area contributed by atoms with Gasteiger partial charge in [0.05, 0.1) is 17.9 Å². The highest BCUT2D eigenvalue weighted by molar-refractivity contribution is 6.00. The Morgan fingerprint density at radius 2 is 1.60 bits per heavy atom. The number of pyridine rings is 1. The van der Waals surface area contributed by atoms with E-state index in [4.69, 9.17) is 4.74 Å². The number of aldehydes is 1. The molecule has 4 nitrogen and oxygen atoms in total. The topological polar surface area (TPSA) is 56.3 Å². The van der Waals surface area contributed by atoms with Crippen LogP contribution in [0.15, 0.2) is 66.7 Å². The Morgan fingerprint density at radius 1 is 1.00 bits per heavy atom. The highest BCUT2D eigenvalue weighted by Gasteiger charge is 2.19. The number of hydrogen-bond acceptors (Lipinski definition) is 4. The van der Waals surface area contributed by atoms with Crippen LogP contribution in [-0.4, -0.2) is 23.8 Å². The summed E-state index contributed by atoms with van der Waals surface area (Å²) in [5.74, 6) is -0.547. The molecule has 0 saturated carbocycles. The predicted molar refractivity (Wildman–Crippen MR) is 96.5 cm³/mol. The first kappa shape index (κ1) is 16.6. The van der Waals surface area contributed by atoms with E-state index in [0.717, 1.165) is 16.7 Å². The monoisotopic (exact) mass is 331 g/mol. The van der Waals surface area contributed by atoms with Crippen LogP contribution in [0.4, 0.5) is 0 Å². The van der Waals surface area contributed by atoms with Gasteiger partial charge >= 0.3 is 5.97 Å². The molecule has 0 unspecified atom stereocenters. The fourth-order valence-corrected chi connectivity index (χ4v) is 2.64. The lowest BCUT2D eigenvalue weighted by atomic mass is 9.96. The van der Waals surface area contributed by atoms with Gasteiger partial charge in [-0.2, -0.15) is 0 Å². The maximum Gasteiger partial charge on any atom is 0.340 e. The fourth-order valence-electron chi connectivity index (χ4n) is 2.64. The Bertz CT molecular complexity index is 890. The number of rotatable bonds is 5. The molecular formula is C21H17NO3. The molecule has 25 heavy (non-hydrogen) atoms. The van der Waals surface area contributed by atoms with Gasteiger partial charge in [0.15, 0.2) is 6.29 Å². The Morgan fingerprint density at radius 3 is 2.16 bits per heavy atom. The van der Waals surface area contributed by atoms with Gasteiger partial charge in [0.25, 0.3) is 0 Å². The Hall–Kier alpha value is -3.27. The standard InChI is InChI=1S/C21H17NO3/c1-2-25-21(24)18-13-17(15-9-5-3-6-10-15)20(22-19(18)14-23)16-11-7-4-8-12-16/h3-14H,2H2,1H3. The van der Waals surface area contributed by atoms with E-state index in [1.54, 1.807) is 13.0 Å². The molecule has 0 aliphatic carbocycles. The Balaban J connectivity index is 2.27. The summed E-state index contributed by atoms with van der Waals surface area (Å²) in [7, 11) is 0. The molecule has 3 rings (SSSR count). The lowest BCUT2D eigenvalue weighted by Crippen LogP contribution is -2.11.